The Kier molecular flexibility index (Phi) is 6.43. The Hall–Kier alpha value is -1.89. The minimum Gasteiger partial charge on any atom is -0.346 e. The lowest BCUT2D eigenvalue weighted by molar-refractivity contribution is 0.0939. The fraction of sp³-hybridized carbons (Fsp3) is 0.381. The third kappa shape index (κ3) is 4.57. The highest BCUT2D eigenvalue weighted by Gasteiger charge is 2.29. The molecule has 0 aliphatic carbocycles. The number of nitrogens with zero attached hydrogens (tertiary/aromatic N) is 1. The minimum absolute atomic E-state index is 0.00768. The molecule has 1 aliphatic heterocycles. The molecule has 0 aromatic heterocycles. The van der Waals surface area contributed by atoms with Gasteiger partial charge in [-0.3, -0.25) is 4.79 Å². The standard InChI is InChI=1S/C21H25ClN2O3S/c1-15-6-8-17(9-7-15)16(2)23-21(25)18-10-11-19(22)20(14-18)28(26,27)24-12-4-3-5-13-24/h6-11,14,16H,3-5,12-13H2,1-2H3,(H,23,25)/t16-/m1/s1. The van der Waals surface area contributed by atoms with Gasteiger partial charge in [0, 0.05) is 18.7 Å². The van der Waals surface area contributed by atoms with Gasteiger partial charge in [0.2, 0.25) is 10.0 Å². The fourth-order valence-corrected chi connectivity index (χ4v) is 5.32. The molecule has 0 unspecified atom stereocenters. The molecule has 1 atom stereocenters. The van der Waals surface area contributed by atoms with Crippen molar-refractivity contribution < 1.29 is 13.2 Å². The molecule has 0 radical (unpaired) electrons. The Balaban J connectivity index is 1.82. The summed E-state index contributed by atoms with van der Waals surface area (Å²) < 4.78 is 27.4. The summed E-state index contributed by atoms with van der Waals surface area (Å²) in [4.78, 5) is 12.7. The van der Waals surface area contributed by atoms with E-state index in [1.165, 1.54) is 16.4 Å². The number of piperidine rings is 1. The van der Waals surface area contributed by atoms with Crippen molar-refractivity contribution in [1.29, 1.82) is 0 Å². The van der Waals surface area contributed by atoms with Crippen molar-refractivity contribution >= 4 is 27.5 Å². The third-order valence-electron chi connectivity index (χ3n) is 5.05. The summed E-state index contributed by atoms with van der Waals surface area (Å²) in [6, 6.07) is 12.1. The molecule has 0 bridgehead atoms. The number of halogens is 1. The number of aryl methyl sites for hydroxylation is 1. The van der Waals surface area contributed by atoms with Crippen molar-refractivity contribution in [3.8, 4) is 0 Å². The Bertz CT molecular complexity index is 952. The summed E-state index contributed by atoms with van der Waals surface area (Å²) in [5.41, 5.74) is 2.40. The maximum Gasteiger partial charge on any atom is 0.251 e. The number of amides is 1. The predicted molar refractivity (Wildman–Crippen MR) is 111 cm³/mol. The molecule has 0 saturated carbocycles. The highest BCUT2D eigenvalue weighted by atomic mass is 35.5. The normalized spacial score (nSPS) is 16.5. The zero-order valence-electron chi connectivity index (χ0n) is 16.1. The van der Waals surface area contributed by atoms with Gasteiger partial charge in [-0.2, -0.15) is 4.31 Å². The maximum atomic E-state index is 13.0. The molecule has 3 rings (SSSR count). The van der Waals surface area contributed by atoms with Crippen LogP contribution >= 0.6 is 11.6 Å². The number of rotatable bonds is 5. The van der Waals surface area contributed by atoms with Crippen LogP contribution in [0.15, 0.2) is 47.4 Å². The number of sulfonamides is 1. The molecule has 7 heteroatoms. The SMILES string of the molecule is Cc1ccc([C@@H](C)NC(=O)c2ccc(Cl)c(S(=O)(=O)N3CCCCC3)c2)cc1. The molecule has 1 N–H and O–H groups in total. The van der Waals surface area contributed by atoms with Crippen LogP contribution in [-0.2, 0) is 10.0 Å². The van der Waals surface area contributed by atoms with Crippen LogP contribution in [0.4, 0.5) is 0 Å². The van der Waals surface area contributed by atoms with E-state index in [1.807, 2.05) is 38.1 Å². The summed E-state index contributed by atoms with van der Waals surface area (Å²) in [5, 5.41) is 3.05. The van der Waals surface area contributed by atoms with Gasteiger partial charge in [0.1, 0.15) is 4.90 Å². The molecule has 1 amide bonds. The lowest BCUT2D eigenvalue weighted by atomic mass is 10.1. The lowest BCUT2D eigenvalue weighted by Crippen LogP contribution is -2.36. The zero-order chi connectivity index (χ0) is 20.3. The van der Waals surface area contributed by atoms with E-state index >= 15 is 0 Å². The van der Waals surface area contributed by atoms with Crippen LogP contribution in [-0.4, -0.2) is 31.7 Å². The van der Waals surface area contributed by atoms with Crippen molar-refractivity contribution in [1.82, 2.24) is 9.62 Å². The van der Waals surface area contributed by atoms with Gasteiger partial charge in [-0.25, -0.2) is 8.42 Å². The molecule has 150 valence electrons. The van der Waals surface area contributed by atoms with E-state index in [0.717, 1.165) is 30.4 Å². The average molecular weight is 421 g/mol. The molecule has 5 nitrogen and oxygen atoms in total. The van der Waals surface area contributed by atoms with Crippen LogP contribution in [0.1, 0.15) is 53.7 Å². The van der Waals surface area contributed by atoms with Crippen molar-refractivity contribution in [2.24, 2.45) is 0 Å². The van der Waals surface area contributed by atoms with Crippen LogP contribution in [0.25, 0.3) is 0 Å². The Morgan fingerprint density at radius 3 is 2.36 bits per heavy atom. The number of nitrogens with one attached hydrogen (secondary N) is 1. The van der Waals surface area contributed by atoms with Gasteiger partial charge >= 0.3 is 0 Å². The van der Waals surface area contributed by atoms with E-state index in [0.29, 0.717) is 13.1 Å². The van der Waals surface area contributed by atoms with E-state index in [-0.39, 0.29) is 27.4 Å². The molecule has 2 aromatic carbocycles. The number of hydrogen-bond donors (Lipinski definition) is 1. The van der Waals surface area contributed by atoms with E-state index < -0.39 is 10.0 Å². The first kappa shape index (κ1) is 20.8. The van der Waals surface area contributed by atoms with Crippen molar-refractivity contribution in [3.63, 3.8) is 0 Å². The fourth-order valence-electron chi connectivity index (χ4n) is 3.31. The first-order chi connectivity index (χ1) is 13.3. The van der Waals surface area contributed by atoms with Gasteiger partial charge in [-0.05, 0) is 50.5 Å². The summed E-state index contributed by atoms with van der Waals surface area (Å²) >= 11 is 6.18. The molecular weight excluding hydrogens is 396 g/mol. The second-order valence-corrected chi connectivity index (χ2v) is 9.53. The van der Waals surface area contributed by atoms with Crippen molar-refractivity contribution in [3.05, 3.63) is 64.2 Å². The van der Waals surface area contributed by atoms with E-state index in [4.69, 9.17) is 11.6 Å². The second-order valence-electron chi connectivity index (χ2n) is 7.22. The summed E-state index contributed by atoms with van der Waals surface area (Å²) in [5.74, 6) is -0.333. The lowest BCUT2D eigenvalue weighted by Gasteiger charge is -2.26. The summed E-state index contributed by atoms with van der Waals surface area (Å²) in [7, 11) is -3.71. The summed E-state index contributed by atoms with van der Waals surface area (Å²) in [6.45, 7) is 4.87. The monoisotopic (exact) mass is 420 g/mol. The highest BCUT2D eigenvalue weighted by Crippen LogP contribution is 2.28. The molecule has 28 heavy (non-hydrogen) atoms. The predicted octanol–water partition coefficient (Wildman–Crippen LogP) is 4.31. The van der Waals surface area contributed by atoms with Crippen LogP contribution in [0.5, 0.6) is 0 Å². The third-order valence-corrected chi connectivity index (χ3v) is 7.43. The molecule has 1 saturated heterocycles. The number of benzene rings is 2. The highest BCUT2D eigenvalue weighted by molar-refractivity contribution is 7.89. The smallest absolute Gasteiger partial charge is 0.251 e. The Morgan fingerprint density at radius 1 is 1.07 bits per heavy atom. The molecule has 1 heterocycles. The van der Waals surface area contributed by atoms with E-state index in [1.54, 1.807) is 6.07 Å². The average Bonchev–Trinajstić information content (AvgIpc) is 2.69. The topological polar surface area (TPSA) is 66.5 Å². The van der Waals surface area contributed by atoms with Gasteiger partial charge in [0.05, 0.1) is 11.1 Å². The molecule has 2 aromatic rings. The number of hydrogen-bond acceptors (Lipinski definition) is 3. The van der Waals surface area contributed by atoms with Gasteiger partial charge < -0.3 is 5.32 Å². The van der Waals surface area contributed by atoms with E-state index in [2.05, 4.69) is 5.32 Å². The first-order valence-corrected chi connectivity index (χ1v) is 11.3. The molecule has 1 fully saturated rings. The van der Waals surface area contributed by atoms with Crippen LogP contribution < -0.4 is 5.32 Å². The van der Waals surface area contributed by atoms with E-state index in [9.17, 15) is 13.2 Å². The van der Waals surface area contributed by atoms with Crippen LogP contribution in [0.2, 0.25) is 5.02 Å². The number of carbonyl (C=O) groups is 1. The zero-order valence-corrected chi connectivity index (χ0v) is 17.7. The maximum absolute atomic E-state index is 13.0. The molecular formula is C21H25ClN2O3S. The quantitative estimate of drug-likeness (QED) is 0.783. The molecule has 0 spiro atoms. The van der Waals surface area contributed by atoms with Gasteiger partial charge in [-0.15, -0.1) is 0 Å². The molecule has 1 aliphatic rings. The second kappa shape index (κ2) is 8.64. The van der Waals surface area contributed by atoms with Crippen molar-refractivity contribution in [2.45, 2.75) is 44.0 Å². The van der Waals surface area contributed by atoms with Crippen molar-refractivity contribution in [2.75, 3.05) is 13.1 Å². The minimum atomic E-state index is -3.71. The van der Waals surface area contributed by atoms with Crippen LogP contribution in [0.3, 0.4) is 0 Å². The van der Waals surface area contributed by atoms with Crippen LogP contribution in [0, 0.1) is 6.92 Å². The van der Waals surface area contributed by atoms with Gasteiger partial charge in [0.15, 0.2) is 0 Å². The Morgan fingerprint density at radius 2 is 1.71 bits per heavy atom. The van der Waals surface area contributed by atoms with Gasteiger partial charge in [0.25, 0.3) is 5.91 Å². The van der Waals surface area contributed by atoms with Gasteiger partial charge in [-0.1, -0.05) is 47.9 Å². The number of carbonyl (C=O) groups excluding carboxylic acids is 1. The Labute approximate surface area is 171 Å². The largest absolute Gasteiger partial charge is 0.346 e. The first-order valence-electron chi connectivity index (χ1n) is 9.46. The summed E-state index contributed by atoms with van der Waals surface area (Å²) in [6.07, 6.45) is 2.70.